The second-order valence-corrected chi connectivity index (χ2v) is 10.3. The van der Waals surface area contributed by atoms with E-state index < -0.39 is 12.1 Å². The summed E-state index contributed by atoms with van der Waals surface area (Å²) in [5, 5.41) is 16.0. The molecule has 1 aromatic rings. The highest BCUT2D eigenvalue weighted by Gasteiger charge is 2.31. The summed E-state index contributed by atoms with van der Waals surface area (Å²) in [4.78, 5) is 28.5. The monoisotopic (exact) mass is 536 g/mol. The molecule has 0 spiro atoms. The number of carbonyl (C=O) groups is 2. The smallest absolute Gasteiger partial charge is 0.303 e. The van der Waals surface area contributed by atoms with Crippen LogP contribution in [0, 0.1) is 11.7 Å². The molecule has 39 heavy (non-hydrogen) atoms. The Morgan fingerprint density at radius 2 is 1.74 bits per heavy atom. The van der Waals surface area contributed by atoms with Crippen molar-refractivity contribution in [2.75, 3.05) is 26.2 Å². The molecule has 3 N–H and O–H groups in total. The topological polar surface area (TPSA) is 84.9 Å². The summed E-state index contributed by atoms with van der Waals surface area (Å²) in [5.74, 6) is -1.33. The number of carbonyl (C=O) groups excluding carboxylic acids is 1. The third kappa shape index (κ3) is 6.41. The third-order valence-electron chi connectivity index (χ3n) is 7.58. The fraction of sp³-hybridized carbons (Fsp3) is 0.400. The van der Waals surface area contributed by atoms with Crippen LogP contribution in [0.2, 0.25) is 0 Å². The number of rotatable bonds is 8. The van der Waals surface area contributed by atoms with Gasteiger partial charge in [-0.15, -0.1) is 0 Å². The molecule has 2 heterocycles. The SMILES string of the molecule is O=C(O)CCCCC1=C(c2ccc(F)cc2)NC2=CCC(C(=O)N3CCN(C4=CCC(F)C=C4)CC3)C=C2N1. The minimum Gasteiger partial charge on any atom is -0.481 e. The van der Waals surface area contributed by atoms with Gasteiger partial charge >= 0.3 is 5.97 Å². The summed E-state index contributed by atoms with van der Waals surface area (Å²) in [5.41, 5.74) is 5.29. The standard InChI is InChI=1S/C30H34F2N4O3/c31-22-8-5-20(6-9-22)29-26(3-1-2-4-28(37)38)33-27-19-21(7-14-25(27)34-29)30(39)36-17-15-35(16-18-36)24-12-10-23(32)11-13-24/h5-6,8-10,12-14,19,21,23,33-34H,1-4,7,11,15-18H2,(H,37,38). The molecule has 1 fully saturated rings. The molecule has 5 rings (SSSR count). The molecule has 1 amide bonds. The second-order valence-electron chi connectivity index (χ2n) is 10.3. The lowest BCUT2D eigenvalue weighted by Crippen LogP contribution is -2.50. The number of hydrogen-bond donors (Lipinski definition) is 3. The maximum Gasteiger partial charge on any atom is 0.303 e. The number of benzene rings is 1. The highest BCUT2D eigenvalue weighted by Crippen LogP contribution is 2.32. The lowest BCUT2D eigenvalue weighted by Gasteiger charge is -2.39. The van der Waals surface area contributed by atoms with Gasteiger partial charge in [-0.1, -0.05) is 12.2 Å². The van der Waals surface area contributed by atoms with E-state index in [0.717, 1.165) is 34.0 Å². The van der Waals surface area contributed by atoms with Gasteiger partial charge < -0.3 is 25.5 Å². The first kappa shape index (κ1) is 26.7. The van der Waals surface area contributed by atoms with Crippen molar-refractivity contribution >= 4 is 17.6 Å². The quantitative estimate of drug-likeness (QED) is 0.426. The second kappa shape index (κ2) is 11.9. The fourth-order valence-corrected chi connectivity index (χ4v) is 5.41. The Labute approximate surface area is 227 Å². The summed E-state index contributed by atoms with van der Waals surface area (Å²) in [6, 6.07) is 6.27. The fourth-order valence-electron chi connectivity index (χ4n) is 5.41. The highest BCUT2D eigenvalue weighted by atomic mass is 19.1. The predicted octanol–water partition coefficient (Wildman–Crippen LogP) is 4.45. The molecule has 1 saturated heterocycles. The van der Waals surface area contributed by atoms with Crippen LogP contribution in [-0.2, 0) is 9.59 Å². The molecule has 2 atom stereocenters. The summed E-state index contributed by atoms with van der Waals surface area (Å²) < 4.78 is 27.0. The van der Waals surface area contributed by atoms with Crippen LogP contribution < -0.4 is 10.6 Å². The van der Waals surface area contributed by atoms with Crippen molar-refractivity contribution in [1.29, 1.82) is 0 Å². The summed E-state index contributed by atoms with van der Waals surface area (Å²) >= 11 is 0. The number of carboxylic acids is 1. The number of unbranched alkanes of at least 4 members (excludes halogenated alkanes) is 1. The number of piperazine rings is 1. The summed E-state index contributed by atoms with van der Waals surface area (Å²) in [6.07, 6.45) is 11.4. The Morgan fingerprint density at radius 1 is 0.974 bits per heavy atom. The predicted molar refractivity (Wildman–Crippen MR) is 145 cm³/mol. The van der Waals surface area contributed by atoms with Gasteiger partial charge in [-0.2, -0.15) is 0 Å². The number of hydrogen-bond acceptors (Lipinski definition) is 5. The van der Waals surface area contributed by atoms with E-state index in [1.54, 1.807) is 18.2 Å². The van der Waals surface area contributed by atoms with E-state index in [-0.39, 0.29) is 24.1 Å². The Kier molecular flexibility index (Phi) is 8.14. The number of carboxylic acid groups (broad SMARTS) is 1. The minimum atomic E-state index is -0.913. The molecule has 1 aromatic carbocycles. The number of alkyl halides is 1. The van der Waals surface area contributed by atoms with Crippen LogP contribution in [0.4, 0.5) is 8.78 Å². The zero-order valence-electron chi connectivity index (χ0n) is 21.8. The van der Waals surface area contributed by atoms with E-state index in [0.29, 0.717) is 58.3 Å². The minimum absolute atomic E-state index is 0.0903. The zero-order chi connectivity index (χ0) is 27.4. The molecular formula is C30H34F2N4O3. The van der Waals surface area contributed by atoms with Gasteiger partial charge in [0.2, 0.25) is 5.91 Å². The molecule has 0 bridgehead atoms. The Balaban J connectivity index is 1.26. The van der Waals surface area contributed by atoms with Crippen molar-refractivity contribution in [2.45, 2.75) is 44.7 Å². The Hall–Kier alpha value is -3.88. The molecule has 2 unspecified atom stereocenters. The van der Waals surface area contributed by atoms with Gasteiger partial charge in [-0.25, -0.2) is 8.78 Å². The van der Waals surface area contributed by atoms with Crippen LogP contribution in [0.3, 0.4) is 0 Å². The molecular weight excluding hydrogens is 502 g/mol. The van der Waals surface area contributed by atoms with E-state index >= 15 is 0 Å². The first-order valence-electron chi connectivity index (χ1n) is 13.6. The number of aliphatic carboxylic acids is 1. The van der Waals surface area contributed by atoms with Crippen LogP contribution in [0.5, 0.6) is 0 Å². The van der Waals surface area contributed by atoms with Gasteiger partial charge in [0, 0.05) is 50.4 Å². The van der Waals surface area contributed by atoms with E-state index in [1.807, 2.05) is 29.2 Å². The maximum absolute atomic E-state index is 13.6. The molecule has 2 aliphatic carbocycles. The average molecular weight is 537 g/mol. The van der Waals surface area contributed by atoms with Crippen molar-refractivity contribution in [1.82, 2.24) is 20.4 Å². The number of nitrogens with zero attached hydrogens (tertiary/aromatic N) is 2. The van der Waals surface area contributed by atoms with E-state index in [2.05, 4.69) is 15.5 Å². The first-order valence-corrected chi connectivity index (χ1v) is 13.6. The van der Waals surface area contributed by atoms with E-state index in [4.69, 9.17) is 5.11 Å². The third-order valence-corrected chi connectivity index (χ3v) is 7.58. The molecule has 0 aromatic heterocycles. The first-order chi connectivity index (χ1) is 18.9. The molecule has 0 radical (unpaired) electrons. The molecule has 9 heteroatoms. The van der Waals surface area contributed by atoms with E-state index in [9.17, 15) is 18.4 Å². The lowest BCUT2D eigenvalue weighted by molar-refractivity contribution is -0.137. The van der Waals surface area contributed by atoms with Crippen LogP contribution in [0.1, 0.15) is 44.1 Å². The average Bonchev–Trinajstić information content (AvgIpc) is 2.95. The van der Waals surface area contributed by atoms with Gasteiger partial charge in [0.25, 0.3) is 0 Å². The number of allylic oxidation sites excluding steroid dienone is 5. The van der Waals surface area contributed by atoms with Crippen LogP contribution in [0.25, 0.3) is 5.70 Å². The molecule has 2 aliphatic heterocycles. The lowest BCUT2D eigenvalue weighted by atomic mass is 9.92. The van der Waals surface area contributed by atoms with Crippen molar-refractivity contribution in [3.05, 3.63) is 88.8 Å². The van der Waals surface area contributed by atoms with Crippen molar-refractivity contribution < 1.29 is 23.5 Å². The van der Waals surface area contributed by atoms with Crippen molar-refractivity contribution in [3.8, 4) is 0 Å². The molecule has 206 valence electrons. The molecule has 0 saturated carbocycles. The Morgan fingerprint density at radius 3 is 2.44 bits per heavy atom. The van der Waals surface area contributed by atoms with Crippen molar-refractivity contribution in [2.24, 2.45) is 5.92 Å². The van der Waals surface area contributed by atoms with Gasteiger partial charge in [-0.05, 0) is 73.7 Å². The van der Waals surface area contributed by atoms with Gasteiger partial charge in [0.15, 0.2) is 0 Å². The molecule has 7 nitrogen and oxygen atoms in total. The number of halogens is 2. The maximum atomic E-state index is 13.6. The van der Waals surface area contributed by atoms with Crippen molar-refractivity contribution in [3.63, 3.8) is 0 Å². The van der Waals surface area contributed by atoms with Crippen LogP contribution >= 0.6 is 0 Å². The molecule has 4 aliphatic rings. The number of fused-ring (bicyclic) bond motifs is 1. The largest absolute Gasteiger partial charge is 0.481 e. The van der Waals surface area contributed by atoms with E-state index in [1.165, 1.54) is 12.1 Å². The zero-order valence-corrected chi connectivity index (χ0v) is 21.8. The van der Waals surface area contributed by atoms with Gasteiger partial charge in [0.1, 0.15) is 12.0 Å². The van der Waals surface area contributed by atoms with Gasteiger partial charge in [0.05, 0.1) is 23.0 Å². The summed E-state index contributed by atoms with van der Waals surface area (Å²) in [6.45, 7) is 2.67. The summed E-state index contributed by atoms with van der Waals surface area (Å²) in [7, 11) is 0. The van der Waals surface area contributed by atoms with Crippen LogP contribution in [-0.4, -0.2) is 59.1 Å². The highest BCUT2D eigenvalue weighted by molar-refractivity contribution is 5.82. The van der Waals surface area contributed by atoms with Gasteiger partial charge in [-0.3, -0.25) is 9.59 Å². The number of nitrogens with one attached hydrogen (secondary N) is 2. The normalized spacial score (nSPS) is 22.8. The van der Waals surface area contributed by atoms with Crippen LogP contribution in [0.15, 0.2) is 77.4 Å². The number of amides is 1. The Bertz CT molecular complexity index is 1260.